The van der Waals surface area contributed by atoms with E-state index in [4.69, 9.17) is 5.11 Å². The number of benzene rings is 1. The van der Waals surface area contributed by atoms with Crippen molar-refractivity contribution in [3.8, 4) is 0 Å². The van der Waals surface area contributed by atoms with Crippen molar-refractivity contribution in [2.75, 3.05) is 6.61 Å². The van der Waals surface area contributed by atoms with Gasteiger partial charge < -0.3 is 10.4 Å². The predicted molar refractivity (Wildman–Crippen MR) is 59.2 cm³/mol. The number of hydrogen-bond donors (Lipinski definition) is 2. The molecule has 0 amide bonds. The molecule has 1 aromatic rings. The number of aliphatic hydroxyl groups excluding tert-OH is 1. The van der Waals surface area contributed by atoms with Crippen LogP contribution in [0, 0.1) is 0 Å². The molecule has 0 heterocycles. The summed E-state index contributed by atoms with van der Waals surface area (Å²) in [5, 5.41) is 12.4. The largest absolute Gasteiger partial charge is 0.395 e. The van der Waals surface area contributed by atoms with E-state index in [1.54, 1.807) is 0 Å². The monoisotopic (exact) mass is 193 g/mol. The summed E-state index contributed by atoms with van der Waals surface area (Å²) >= 11 is 0. The maximum Gasteiger partial charge on any atom is 0.0584 e. The average Bonchev–Trinajstić information content (AvgIpc) is 2.26. The first-order valence-electron chi connectivity index (χ1n) is 5.19. The summed E-state index contributed by atoms with van der Waals surface area (Å²) in [6, 6.07) is 10.8. The van der Waals surface area contributed by atoms with E-state index in [1.807, 2.05) is 18.2 Å². The fraction of sp³-hybridized carbons (Fsp3) is 0.500. The Morgan fingerprint density at radius 3 is 2.43 bits per heavy atom. The topological polar surface area (TPSA) is 32.3 Å². The normalized spacial score (nSPS) is 15.1. The molecule has 0 fully saturated rings. The highest BCUT2D eigenvalue weighted by Crippen LogP contribution is 2.12. The lowest BCUT2D eigenvalue weighted by molar-refractivity contribution is 0.230. The molecule has 2 atom stereocenters. The van der Waals surface area contributed by atoms with Crippen LogP contribution in [0.4, 0.5) is 0 Å². The lowest BCUT2D eigenvalue weighted by atomic mass is 10.1. The molecule has 2 heteroatoms. The van der Waals surface area contributed by atoms with Gasteiger partial charge in [0.2, 0.25) is 0 Å². The van der Waals surface area contributed by atoms with Crippen LogP contribution in [0.5, 0.6) is 0 Å². The third-order valence-corrected chi connectivity index (χ3v) is 2.50. The molecule has 0 radical (unpaired) electrons. The summed E-state index contributed by atoms with van der Waals surface area (Å²) in [4.78, 5) is 0. The number of hydrogen-bond acceptors (Lipinski definition) is 2. The second kappa shape index (κ2) is 5.78. The molecule has 2 nitrogen and oxygen atoms in total. The zero-order chi connectivity index (χ0) is 10.4. The van der Waals surface area contributed by atoms with Crippen molar-refractivity contribution in [1.82, 2.24) is 5.32 Å². The molecule has 0 spiro atoms. The molecule has 0 aliphatic rings. The molecule has 0 bridgehead atoms. The number of aliphatic hydroxyl groups is 1. The summed E-state index contributed by atoms with van der Waals surface area (Å²) in [5.74, 6) is 0. The van der Waals surface area contributed by atoms with Crippen molar-refractivity contribution in [2.24, 2.45) is 0 Å². The van der Waals surface area contributed by atoms with E-state index in [-0.39, 0.29) is 12.6 Å². The Morgan fingerprint density at radius 2 is 1.93 bits per heavy atom. The van der Waals surface area contributed by atoms with Gasteiger partial charge in [-0.2, -0.15) is 0 Å². The van der Waals surface area contributed by atoms with Gasteiger partial charge in [0.15, 0.2) is 0 Å². The van der Waals surface area contributed by atoms with Gasteiger partial charge in [-0.3, -0.25) is 0 Å². The molecule has 1 aromatic carbocycles. The molecule has 0 aliphatic carbocycles. The van der Waals surface area contributed by atoms with Crippen LogP contribution in [0.25, 0.3) is 0 Å². The fourth-order valence-corrected chi connectivity index (χ4v) is 1.49. The van der Waals surface area contributed by atoms with E-state index >= 15 is 0 Å². The third-order valence-electron chi connectivity index (χ3n) is 2.50. The maximum absolute atomic E-state index is 9.06. The first-order valence-corrected chi connectivity index (χ1v) is 5.19. The molecule has 2 N–H and O–H groups in total. The molecule has 0 saturated carbocycles. The molecule has 1 rings (SSSR count). The highest BCUT2D eigenvalue weighted by molar-refractivity contribution is 5.18. The Bertz CT molecular complexity index is 244. The van der Waals surface area contributed by atoms with Crippen LogP contribution in [0.3, 0.4) is 0 Å². The van der Waals surface area contributed by atoms with Crippen LogP contribution >= 0.6 is 0 Å². The quantitative estimate of drug-likeness (QED) is 0.750. The zero-order valence-electron chi connectivity index (χ0n) is 8.90. The van der Waals surface area contributed by atoms with Crippen molar-refractivity contribution in [1.29, 1.82) is 0 Å². The van der Waals surface area contributed by atoms with Crippen molar-refractivity contribution in [2.45, 2.75) is 32.4 Å². The third kappa shape index (κ3) is 3.13. The molecular weight excluding hydrogens is 174 g/mol. The Morgan fingerprint density at radius 1 is 1.29 bits per heavy atom. The molecule has 0 saturated heterocycles. The van der Waals surface area contributed by atoms with Crippen LogP contribution in [-0.2, 0) is 0 Å². The number of rotatable bonds is 5. The molecule has 14 heavy (non-hydrogen) atoms. The summed E-state index contributed by atoms with van der Waals surface area (Å²) < 4.78 is 0. The van der Waals surface area contributed by atoms with Crippen LogP contribution in [0.15, 0.2) is 30.3 Å². The molecule has 0 aliphatic heterocycles. The van der Waals surface area contributed by atoms with E-state index in [0.29, 0.717) is 6.04 Å². The fourth-order valence-electron chi connectivity index (χ4n) is 1.49. The van der Waals surface area contributed by atoms with E-state index in [9.17, 15) is 0 Å². The van der Waals surface area contributed by atoms with E-state index in [0.717, 1.165) is 6.42 Å². The van der Waals surface area contributed by atoms with Gasteiger partial charge in [-0.15, -0.1) is 0 Å². The predicted octanol–water partition coefficient (Wildman–Crippen LogP) is 2.11. The van der Waals surface area contributed by atoms with Gasteiger partial charge in [0, 0.05) is 12.1 Å². The summed E-state index contributed by atoms with van der Waals surface area (Å²) in [7, 11) is 0. The number of nitrogens with one attached hydrogen (secondary N) is 1. The van der Waals surface area contributed by atoms with Crippen molar-refractivity contribution >= 4 is 0 Å². The molecule has 78 valence electrons. The first kappa shape index (κ1) is 11.2. The van der Waals surface area contributed by atoms with Gasteiger partial charge >= 0.3 is 0 Å². The van der Waals surface area contributed by atoms with Crippen molar-refractivity contribution in [3.05, 3.63) is 35.9 Å². The second-order valence-corrected chi connectivity index (χ2v) is 3.59. The summed E-state index contributed by atoms with van der Waals surface area (Å²) in [6.45, 7) is 4.40. The Kier molecular flexibility index (Phi) is 4.63. The van der Waals surface area contributed by atoms with E-state index in [1.165, 1.54) is 5.56 Å². The minimum atomic E-state index is 0.199. The minimum absolute atomic E-state index is 0.199. The van der Waals surface area contributed by atoms with Gasteiger partial charge in [-0.05, 0) is 18.9 Å². The second-order valence-electron chi connectivity index (χ2n) is 3.59. The standard InChI is InChI=1S/C12H19NO/c1-3-12(9-14)13-10(2)11-7-5-4-6-8-11/h4-8,10,12-14H,3,9H2,1-2H3/t10-,12+/m0/s1. The Balaban J connectivity index is 2.54. The Labute approximate surface area is 86.0 Å². The molecule has 0 aromatic heterocycles. The van der Waals surface area contributed by atoms with Gasteiger partial charge in [-0.25, -0.2) is 0 Å². The molecule has 0 unspecified atom stereocenters. The maximum atomic E-state index is 9.06. The van der Waals surface area contributed by atoms with Crippen LogP contribution in [0.1, 0.15) is 31.9 Å². The van der Waals surface area contributed by atoms with Gasteiger partial charge in [0.25, 0.3) is 0 Å². The molecular formula is C12H19NO. The van der Waals surface area contributed by atoms with Crippen LogP contribution in [0.2, 0.25) is 0 Å². The smallest absolute Gasteiger partial charge is 0.0584 e. The van der Waals surface area contributed by atoms with E-state index < -0.39 is 0 Å². The SMILES string of the molecule is CC[C@H](CO)N[C@@H](C)c1ccccc1. The van der Waals surface area contributed by atoms with Gasteiger partial charge in [0.05, 0.1) is 6.61 Å². The first-order chi connectivity index (χ1) is 6.77. The lowest BCUT2D eigenvalue weighted by Gasteiger charge is -2.20. The summed E-state index contributed by atoms with van der Waals surface area (Å²) in [5.41, 5.74) is 1.26. The van der Waals surface area contributed by atoms with Crippen molar-refractivity contribution in [3.63, 3.8) is 0 Å². The highest BCUT2D eigenvalue weighted by atomic mass is 16.3. The van der Waals surface area contributed by atoms with Crippen LogP contribution < -0.4 is 5.32 Å². The minimum Gasteiger partial charge on any atom is -0.395 e. The zero-order valence-corrected chi connectivity index (χ0v) is 8.90. The van der Waals surface area contributed by atoms with Crippen molar-refractivity contribution < 1.29 is 5.11 Å². The van der Waals surface area contributed by atoms with Crippen LogP contribution in [-0.4, -0.2) is 17.8 Å². The lowest BCUT2D eigenvalue weighted by Crippen LogP contribution is -2.33. The van der Waals surface area contributed by atoms with E-state index in [2.05, 4.69) is 31.3 Å². The van der Waals surface area contributed by atoms with Gasteiger partial charge in [-0.1, -0.05) is 37.3 Å². The van der Waals surface area contributed by atoms with Gasteiger partial charge in [0.1, 0.15) is 0 Å². The Hall–Kier alpha value is -0.860. The summed E-state index contributed by atoms with van der Waals surface area (Å²) in [6.07, 6.45) is 0.952. The average molecular weight is 193 g/mol. The highest BCUT2D eigenvalue weighted by Gasteiger charge is 2.09.